The van der Waals surface area contributed by atoms with Crippen molar-refractivity contribution in [1.29, 1.82) is 0 Å². The van der Waals surface area contributed by atoms with Gasteiger partial charge < -0.3 is 9.84 Å². The van der Waals surface area contributed by atoms with Gasteiger partial charge in [0.15, 0.2) is 0 Å². The number of nitrogens with zero attached hydrogens (tertiary/aromatic N) is 4. The standard InChI is InChI=1S/C20H17N5O/c1-14-6-5-7-15(10-14)11-22-19-17(12-21-13-23-19)20-24-18(25-26-20)16-8-3-2-4-9-16/h2-10,12-13H,11H2,1H3,(H,21,22,23). The molecule has 0 radical (unpaired) electrons. The molecule has 0 bridgehead atoms. The molecule has 0 aliphatic heterocycles. The van der Waals surface area contributed by atoms with Crippen LogP contribution in [0.1, 0.15) is 11.1 Å². The lowest BCUT2D eigenvalue weighted by molar-refractivity contribution is 0.432. The summed E-state index contributed by atoms with van der Waals surface area (Å²) in [4.78, 5) is 12.9. The second-order valence-corrected chi connectivity index (χ2v) is 5.92. The van der Waals surface area contributed by atoms with Gasteiger partial charge in [-0.25, -0.2) is 9.97 Å². The Morgan fingerprint density at radius 1 is 1.04 bits per heavy atom. The van der Waals surface area contributed by atoms with E-state index in [9.17, 15) is 0 Å². The van der Waals surface area contributed by atoms with E-state index in [2.05, 4.69) is 50.5 Å². The van der Waals surface area contributed by atoms with Crippen LogP contribution in [0.5, 0.6) is 0 Å². The molecule has 2 heterocycles. The van der Waals surface area contributed by atoms with Crippen LogP contribution in [-0.2, 0) is 6.54 Å². The van der Waals surface area contributed by atoms with Crippen molar-refractivity contribution in [3.63, 3.8) is 0 Å². The third-order valence-corrected chi connectivity index (χ3v) is 3.94. The summed E-state index contributed by atoms with van der Waals surface area (Å²) < 4.78 is 5.44. The van der Waals surface area contributed by atoms with Gasteiger partial charge in [-0.1, -0.05) is 65.3 Å². The molecule has 0 aliphatic rings. The Kier molecular flexibility index (Phi) is 4.38. The van der Waals surface area contributed by atoms with E-state index in [-0.39, 0.29) is 0 Å². The van der Waals surface area contributed by atoms with E-state index in [1.165, 1.54) is 17.5 Å². The maximum Gasteiger partial charge on any atom is 0.263 e. The van der Waals surface area contributed by atoms with Crippen molar-refractivity contribution in [1.82, 2.24) is 20.1 Å². The molecule has 6 heteroatoms. The van der Waals surface area contributed by atoms with Gasteiger partial charge in [0, 0.05) is 18.3 Å². The minimum Gasteiger partial charge on any atom is -0.365 e. The third kappa shape index (κ3) is 3.44. The normalized spacial score (nSPS) is 10.7. The van der Waals surface area contributed by atoms with Crippen LogP contribution in [0, 0.1) is 6.92 Å². The molecule has 26 heavy (non-hydrogen) atoms. The Morgan fingerprint density at radius 2 is 1.92 bits per heavy atom. The van der Waals surface area contributed by atoms with Gasteiger partial charge in [0.05, 0.1) is 0 Å². The number of anilines is 1. The predicted molar refractivity (Wildman–Crippen MR) is 99.3 cm³/mol. The van der Waals surface area contributed by atoms with E-state index in [1.54, 1.807) is 6.20 Å². The van der Waals surface area contributed by atoms with E-state index in [1.807, 2.05) is 36.4 Å². The molecule has 2 aromatic heterocycles. The highest BCUT2D eigenvalue weighted by Gasteiger charge is 2.15. The third-order valence-electron chi connectivity index (χ3n) is 3.94. The summed E-state index contributed by atoms with van der Waals surface area (Å²) in [6.07, 6.45) is 3.17. The van der Waals surface area contributed by atoms with Crippen LogP contribution >= 0.6 is 0 Å². The van der Waals surface area contributed by atoms with Crippen LogP contribution in [0.15, 0.2) is 71.6 Å². The summed E-state index contributed by atoms with van der Waals surface area (Å²) in [5.41, 5.74) is 3.96. The molecule has 1 N–H and O–H groups in total. The number of benzene rings is 2. The summed E-state index contributed by atoms with van der Waals surface area (Å²) in [6, 6.07) is 18.0. The summed E-state index contributed by atoms with van der Waals surface area (Å²) in [6.45, 7) is 2.72. The zero-order valence-corrected chi connectivity index (χ0v) is 14.3. The van der Waals surface area contributed by atoms with Crippen molar-refractivity contribution in [2.75, 3.05) is 5.32 Å². The number of hydrogen-bond acceptors (Lipinski definition) is 6. The molecule has 4 rings (SSSR count). The monoisotopic (exact) mass is 343 g/mol. The lowest BCUT2D eigenvalue weighted by Crippen LogP contribution is -2.03. The summed E-state index contributed by atoms with van der Waals surface area (Å²) in [5.74, 6) is 1.58. The first-order valence-electron chi connectivity index (χ1n) is 8.28. The van der Waals surface area contributed by atoms with Crippen LogP contribution in [0.4, 0.5) is 5.82 Å². The fourth-order valence-corrected chi connectivity index (χ4v) is 2.67. The maximum atomic E-state index is 5.44. The Labute approximate surface area is 151 Å². The van der Waals surface area contributed by atoms with Crippen LogP contribution < -0.4 is 5.32 Å². The topological polar surface area (TPSA) is 76.7 Å². The minimum atomic E-state index is 0.385. The maximum absolute atomic E-state index is 5.44. The Balaban J connectivity index is 1.59. The van der Waals surface area contributed by atoms with Gasteiger partial charge in [0.2, 0.25) is 5.82 Å². The molecular formula is C20H17N5O. The lowest BCUT2D eigenvalue weighted by Gasteiger charge is -2.08. The largest absolute Gasteiger partial charge is 0.365 e. The fraction of sp³-hybridized carbons (Fsp3) is 0.100. The molecule has 128 valence electrons. The van der Waals surface area contributed by atoms with E-state index in [0.717, 1.165) is 5.56 Å². The highest BCUT2D eigenvalue weighted by molar-refractivity contribution is 5.69. The van der Waals surface area contributed by atoms with Crippen LogP contribution in [0.25, 0.3) is 22.8 Å². The number of nitrogens with one attached hydrogen (secondary N) is 1. The predicted octanol–water partition coefficient (Wildman–Crippen LogP) is 4.11. The first kappa shape index (κ1) is 16.0. The molecule has 0 aliphatic carbocycles. The van der Waals surface area contributed by atoms with E-state index in [4.69, 9.17) is 4.52 Å². The lowest BCUT2D eigenvalue weighted by atomic mass is 10.1. The number of aryl methyl sites for hydroxylation is 1. The van der Waals surface area contributed by atoms with Crippen LogP contribution in [-0.4, -0.2) is 20.1 Å². The number of aromatic nitrogens is 4. The van der Waals surface area contributed by atoms with Crippen molar-refractivity contribution < 1.29 is 4.52 Å². The molecule has 0 saturated carbocycles. The molecule has 4 aromatic rings. The van der Waals surface area contributed by atoms with Crippen LogP contribution in [0.2, 0.25) is 0 Å². The Bertz CT molecular complexity index is 1010. The molecule has 0 fully saturated rings. The second-order valence-electron chi connectivity index (χ2n) is 5.92. The van der Waals surface area contributed by atoms with Crippen molar-refractivity contribution in [3.8, 4) is 22.8 Å². The summed E-state index contributed by atoms with van der Waals surface area (Å²) in [5, 5.41) is 7.39. The van der Waals surface area contributed by atoms with Crippen molar-refractivity contribution in [3.05, 3.63) is 78.2 Å². The highest BCUT2D eigenvalue weighted by Crippen LogP contribution is 2.26. The number of hydrogen-bond donors (Lipinski definition) is 1. The summed E-state index contributed by atoms with van der Waals surface area (Å²) in [7, 11) is 0. The Morgan fingerprint density at radius 3 is 2.77 bits per heavy atom. The van der Waals surface area contributed by atoms with Gasteiger partial charge in [0.25, 0.3) is 5.89 Å². The van der Waals surface area contributed by atoms with Gasteiger partial charge >= 0.3 is 0 Å². The quantitative estimate of drug-likeness (QED) is 0.587. The van der Waals surface area contributed by atoms with Gasteiger partial charge in [0.1, 0.15) is 17.7 Å². The van der Waals surface area contributed by atoms with E-state index < -0.39 is 0 Å². The van der Waals surface area contributed by atoms with Gasteiger partial charge in [-0.3, -0.25) is 0 Å². The zero-order chi connectivity index (χ0) is 17.8. The summed E-state index contributed by atoms with van der Waals surface area (Å²) >= 11 is 0. The van der Waals surface area contributed by atoms with Gasteiger partial charge in [-0.2, -0.15) is 4.98 Å². The van der Waals surface area contributed by atoms with Gasteiger partial charge in [-0.05, 0) is 12.5 Å². The zero-order valence-electron chi connectivity index (χ0n) is 14.3. The van der Waals surface area contributed by atoms with Crippen molar-refractivity contribution >= 4 is 5.82 Å². The van der Waals surface area contributed by atoms with E-state index in [0.29, 0.717) is 29.6 Å². The molecule has 0 spiro atoms. The van der Waals surface area contributed by atoms with Crippen molar-refractivity contribution in [2.24, 2.45) is 0 Å². The minimum absolute atomic E-state index is 0.385. The number of rotatable bonds is 5. The molecule has 0 saturated heterocycles. The molecule has 0 atom stereocenters. The fourth-order valence-electron chi connectivity index (χ4n) is 2.67. The molecular weight excluding hydrogens is 326 g/mol. The SMILES string of the molecule is Cc1cccc(CNc2ncncc2-c2nc(-c3ccccc3)no2)c1. The average Bonchev–Trinajstić information content (AvgIpc) is 3.17. The molecule has 0 amide bonds. The average molecular weight is 343 g/mol. The Hall–Kier alpha value is -3.54. The molecule has 2 aromatic carbocycles. The van der Waals surface area contributed by atoms with Crippen LogP contribution in [0.3, 0.4) is 0 Å². The smallest absolute Gasteiger partial charge is 0.263 e. The molecule has 6 nitrogen and oxygen atoms in total. The highest BCUT2D eigenvalue weighted by atomic mass is 16.5. The second kappa shape index (κ2) is 7.14. The van der Waals surface area contributed by atoms with Gasteiger partial charge in [-0.15, -0.1) is 0 Å². The molecule has 0 unspecified atom stereocenters. The first-order valence-corrected chi connectivity index (χ1v) is 8.28. The first-order chi connectivity index (χ1) is 12.8. The van der Waals surface area contributed by atoms with E-state index >= 15 is 0 Å². The van der Waals surface area contributed by atoms with Crippen molar-refractivity contribution in [2.45, 2.75) is 13.5 Å².